The Morgan fingerprint density at radius 2 is 1.82 bits per heavy atom. The fourth-order valence-electron chi connectivity index (χ4n) is 1.94. The van der Waals surface area contributed by atoms with Crippen molar-refractivity contribution < 1.29 is 4.74 Å². The number of aromatic nitrogens is 2. The molecule has 0 unspecified atom stereocenters. The summed E-state index contributed by atoms with van der Waals surface area (Å²) in [6.45, 7) is 0.224. The van der Waals surface area contributed by atoms with Crippen molar-refractivity contribution in [2.45, 2.75) is 6.61 Å². The zero-order chi connectivity index (χ0) is 15.7. The van der Waals surface area contributed by atoms with Crippen molar-refractivity contribution in [3.05, 3.63) is 72.1 Å². The molecule has 22 heavy (non-hydrogen) atoms. The van der Waals surface area contributed by atoms with Crippen LogP contribution in [-0.4, -0.2) is 9.38 Å². The summed E-state index contributed by atoms with van der Waals surface area (Å²) in [5, 5.41) is 0. The molecule has 0 aliphatic rings. The Kier molecular flexibility index (Phi) is 4.65. The van der Waals surface area contributed by atoms with Gasteiger partial charge in [-0.25, -0.2) is 4.98 Å². The fourth-order valence-corrected chi connectivity index (χ4v) is 3.44. The van der Waals surface area contributed by atoms with Crippen molar-refractivity contribution in [1.82, 2.24) is 9.38 Å². The highest BCUT2D eigenvalue weighted by Gasteiger charge is 2.06. The van der Waals surface area contributed by atoms with Crippen LogP contribution in [0.4, 0.5) is 0 Å². The number of pyridine rings is 1. The summed E-state index contributed by atoms with van der Waals surface area (Å²) in [5.41, 5.74) is 1.03. The second-order valence-electron chi connectivity index (χ2n) is 4.52. The highest BCUT2D eigenvalue weighted by Crippen LogP contribution is 2.28. The van der Waals surface area contributed by atoms with Crippen LogP contribution in [0.3, 0.4) is 0 Å². The highest BCUT2D eigenvalue weighted by atomic mass is 79.9. The Bertz CT molecular complexity index is 909. The molecule has 0 saturated carbocycles. The lowest BCUT2D eigenvalue weighted by Crippen LogP contribution is -2.16. The predicted molar refractivity (Wildman–Crippen MR) is 95.3 cm³/mol. The maximum absolute atomic E-state index is 12.1. The van der Waals surface area contributed by atoms with Gasteiger partial charge in [0.25, 0.3) is 5.56 Å². The van der Waals surface area contributed by atoms with Crippen molar-refractivity contribution >= 4 is 53.4 Å². The minimum atomic E-state index is -0.139. The van der Waals surface area contributed by atoms with E-state index in [0.717, 1.165) is 13.4 Å². The molecular formula is C15H9Br3N2O2. The van der Waals surface area contributed by atoms with Gasteiger partial charge in [-0.05, 0) is 62.2 Å². The number of nitrogens with zero attached hydrogens (tertiary/aromatic N) is 2. The maximum atomic E-state index is 12.1. The molecule has 0 radical (unpaired) electrons. The van der Waals surface area contributed by atoms with E-state index in [2.05, 4.69) is 52.8 Å². The Morgan fingerprint density at radius 3 is 2.59 bits per heavy atom. The molecule has 0 fully saturated rings. The van der Waals surface area contributed by atoms with Crippen LogP contribution >= 0.6 is 47.8 Å². The molecule has 0 aliphatic heterocycles. The van der Waals surface area contributed by atoms with Gasteiger partial charge in [0.15, 0.2) is 0 Å². The normalized spacial score (nSPS) is 10.9. The van der Waals surface area contributed by atoms with Crippen LogP contribution in [0.15, 0.2) is 60.8 Å². The Labute approximate surface area is 151 Å². The van der Waals surface area contributed by atoms with E-state index in [1.165, 1.54) is 10.5 Å². The van der Waals surface area contributed by atoms with Gasteiger partial charge in [0.1, 0.15) is 18.0 Å². The molecule has 0 spiro atoms. The van der Waals surface area contributed by atoms with Crippen LogP contribution in [0.5, 0.6) is 5.75 Å². The van der Waals surface area contributed by atoms with E-state index in [9.17, 15) is 4.79 Å². The summed E-state index contributed by atoms with van der Waals surface area (Å²) in [7, 11) is 0. The van der Waals surface area contributed by atoms with Gasteiger partial charge in [0.2, 0.25) is 0 Å². The molecule has 0 atom stereocenters. The Balaban J connectivity index is 1.88. The minimum absolute atomic E-state index is 0.139. The van der Waals surface area contributed by atoms with Crippen LogP contribution in [0.25, 0.3) is 5.65 Å². The van der Waals surface area contributed by atoms with E-state index < -0.39 is 0 Å². The van der Waals surface area contributed by atoms with Gasteiger partial charge in [0, 0.05) is 21.2 Å². The molecule has 7 heteroatoms. The Morgan fingerprint density at radius 1 is 1.05 bits per heavy atom. The topological polar surface area (TPSA) is 43.6 Å². The van der Waals surface area contributed by atoms with E-state index in [0.29, 0.717) is 17.1 Å². The largest absolute Gasteiger partial charge is 0.486 e. The third-order valence-electron chi connectivity index (χ3n) is 2.95. The first-order chi connectivity index (χ1) is 10.5. The van der Waals surface area contributed by atoms with Crippen LogP contribution in [0.2, 0.25) is 0 Å². The summed E-state index contributed by atoms with van der Waals surface area (Å²) < 4.78 is 9.83. The third kappa shape index (κ3) is 3.42. The van der Waals surface area contributed by atoms with Gasteiger partial charge in [-0.1, -0.05) is 15.9 Å². The highest BCUT2D eigenvalue weighted by molar-refractivity contribution is 9.11. The summed E-state index contributed by atoms with van der Waals surface area (Å²) in [4.78, 5) is 16.5. The van der Waals surface area contributed by atoms with Crippen molar-refractivity contribution in [2.75, 3.05) is 0 Å². The summed E-state index contributed by atoms with van der Waals surface area (Å²) >= 11 is 10.2. The molecule has 0 N–H and O–H groups in total. The molecular weight excluding hydrogens is 480 g/mol. The number of rotatable bonds is 3. The minimum Gasteiger partial charge on any atom is -0.486 e. The molecule has 0 aliphatic carbocycles. The lowest BCUT2D eigenvalue weighted by Gasteiger charge is -2.09. The van der Waals surface area contributed by atoms with Gasteiger partial charge in [-0.3, -0.25) is 9.20 Å². The second-order valence-corrected chi connectivity index (χ2v) is 7.21. The molecule has 4 nitrogen and oxygen atoms in total. The standard InChI is InChI=1S/C15H9Br3N2O2/c16-9-1-3-13(12(18)5-9)22-8-11-6-15(21)20-7-10(17)2-4-14(20)19-11/h1-7H,8H2. The maximum Gasteiger partial charge on any atom is 0.258 e. The first-order valence-corrected chi connectivity index (χ1v) is 8.66. The molecule has 1 aromatic carbocycles. The summed E-state index contributed by atoms with van der Waals surface area (Å²) in [5.74, 6) is 0.695. The quantitative estimate of drug-likeness (QED) is 0.543. The van der Waals surface area contributed by atoms with Gasteiger partial charge in [0.05, 0.1) is 10.2 Å². The van der Waals surface area contributed by atoms with Gasteiger partial charge >= 0.3 is 0 Å². The van der Waals surface area contributed by atoms with Gasteiger partial charge in [-0.2, -0.15) is 0 Å². The van der Waals surface area contributed by atoms with Crippen LogP contribution in [0, 0.1) is 0 Å². The molecule has 2 heterocycles. The van der Waals surface area contributed by atoms with E-state index >= 15 is 0 Å². The van der Waals surface area contributed by atoms with Crippen molar-refractivity contribution in [1.29, 1.82) is 0 Å². The number of hydrogen-bond acceptors (Lipinski definition) is 3. The average molecular weight is 489 g/mol. The molecule has 3 rings (SSSR count). The summed E-state index contributed by atoms with van der Waals surface area (Å²) in [6, 6.07) is 10.7. The van der Waals surface area contributed by atoms with E-state index in [1.54, 1.807) is 12.3 Å². The van der Waals surface area contributed by atoms with Crippen molar-refractivity contribution in [3.8, 4) is 5.75 Å². The average Bonchev–Trinajstić information content (AvgIpc) is 2.47. The van der Waals surface area contributed by atoms with Crippen molar-refractivity contribution in [3.63, 3.8) is 0 Å². The SMILES string of the molecule is O=c1cc(COc2ccc(Br)cc2Br)nc2ccc(Br)cn12. The van der Waals surface area contributed by atoms with Crippen LogP contribution in [0.1, 0.15) is 5.69 Å². The van der Waals surface area contributed by atoms with Crippen molar-refractivity contribution in [2.24, 2.45) is 0 Å². The lowest BCUT2D eigenvalue weighted by molar-refractivity contribution is 0.299. The number of ether oxygens (including phenoxy) is 1. The van der Waals surface area contributed by atoms with E-state index in [-0.39, 0.29) is 12.2 Å². The smallest absolute Gasteiger partial charge is 0.258 e. The van der Waals surface area contributed by atoms with Crippen LogP contribution in [-0.2, 0) is 6.61 Å². The molecule has 0 amide bonds. The second kappa shape index (κ2) is 6.52. The molecule has 0 bridgehead atoms. The van der Waals surface area contributed by atoms with Crippen LogP contribution < -0.4 is 10.3 Å². The molecule has 0 saturated heterocycles. The first-order valence-electron chi connectivity index (χ1n) is 6.28. The van der Waals surface area contributed by atoms with Gasteiger partial charge < -0.3 is 4.74 Å². The number of fused-ring (bicyclic) bond motifs is 1. The molecule has 112 valence electrons. The fraction of sp³-hybridized carbons (Fsp3) is 0.0667. The zero-order valence-corrected chi connectivity index (χ0v) is 15.9. The molecule has 3 aromatic rings. The molecule has 2 aromatic heterocycles. The first kappa shape index (κ1) is 15.7. The number of hydrogen-bond donors (Lipinski definition) is 0. The third-order valence-corrected chi connectivity index (χ3v) is 4.53. The van der Waals surface area contributed by atoms with E-state index in [1.807, 2.05) is 24.3 Å². The Hall–Kier alpha value is -1.18. The zero-order valence-electron chi connectivity index (χ0n) is 11.1. The monoisotopic (exact) mass is 486 g/mol. The van der Waals surface area contributed by atoms with E-state index in [4.69, 9.17) is 4.74 Å². The number of halogens is 3. The number of benzene rings is 1. The predicted octanol–water partition coefficient (Wildman–Crippen LogP) is 4.56. The summed E-state index contributed by atoms with van der Waals surface area (Å²) in [6.07, 6.45) is 1.70. The van der Waals surface area contributed by atoms with Gasteiger partial charge in [-0.15, -0.1) is 0 Å². The lowest BCUT2D eigenvalue weighted by atomic mass is 10.3.